The fourth-order valence-electron chi connectivity index (χ4n) is 3.86. The highest BCUT2D eigenvalue weighted by Gasteiger charge is 2.60. The van der Waals surface area contributed by atoms with E-state index in [4.69, 9.17) is 9.47 Å². The van der Waals surface area contributed by atoms with E-state index in [2.05, 4.69) is 6.08 Å². The summed E-state index contributed by atoms with van der Waals surface area (Å²) in [6, 6.07) is 0. The number of hydrogen-bond acceptors (Lipinski definition) is 4. The Hall–Kier alpha value is -1.58. The Morgan fingerprint density at radius 2 is 2.11 bits per heavy atom. The third-order valence-corrected chi connectivity index (χ3v) is 4.67. The van der Waals surface area contributed by atoms with Crippen molar-refractivity contribution in [3.05, 3.63) is 23.8 Å². The maximum Gasteiger partial charge on any atom is 0.333 e. The van der Waals surface area contributed by atoms with Crippen molar-refractivity contribution in [3.8, 4) is 0 Å². The maximum absolute atomic E-state index is 12.1. The van der Waals surface area contributed by atoms with Crippen molar-refractivity contribution in [2.24, 2.45) is 23.2 Å². The zero-order valence-electron chi connectivity index (χ0n) is 10.5. The van der Waals surface area contributed by atoms with Crippen LogP contribution in [0, 0.1) is 23.2 Å². The van der Waals surface area contributed by atoms with Gasteiger partial charge >= 0.3 is 11.9 Å². The van der Waals surface area contributed by atoms with Gasteiger partial charge in [-0.1, -0.05) is 18.2 Å². The summed E-state index contributed by atoms with van der Waals surface area (Å²) in [5, 5.41) is 0. The van der Waals surface area contributed by atoms with Gasteiger partial charge in [0.15, 0.2) is 0 Å². The molecule has 3 aliphatic carbocycles. The van der Waals surface area contributed by atoms with Gasteiger partial charge in [0.05, 0.1) is 19.6 Å². The molecule has 0 N–H and O–H groups in total. The summed E-state index contributed by atoms with van der Waals surface area (Å²) in [6.45, 7) is 0. The molecule has 0 radical (unpaired) electrons. The summed E-state index contributed by atoms with van der Waals surface area (Å²) in [7, 11) is 2.81. The first-order chi connectivity index (χ1) is 8.62. The van der Waals surface area contributed by atoms with Crippen LogP contribution in [0.1, 0.15) is 12.8 Å². The number of hydrogen-bond donors (Lipinski definition) is 0. The van der Waals surface area contributed by atoms with E-state index in [1.54, 1.807) is 0 Å². The van der Waals surface area contributed by atoms with E-state index in [1.807, 2.05) is 12.2 Å². The van der Waals surface area contributed by atoms with Gasteiger partial charge in [0.1, 0.15) is 0 Å². The van der Waals surface area contributed by atoms with Crippen molar-refractivity contribution in [2.45, 2.75) is 12.8 Å². The Morgan fingerprint density at radius 3 is 2.78 bits per heavy atom. The highest BCUT2D eigenvalue weighted by Crippen LogP contribution is 2.61. The third-order valence-electron chi connectivity index (χ3n) is 4.67. The van der Waals surface area contributed by atoms with Crippen molar-refractivity contribution >= 4 is 11.9 Å². The number of methoxy groups -OCH3 is 2. The lowest BCUT2D eigenvalue weighted by molar-refractivity contribution is -0.151. The van der Waals surface area contributed by atoms with Gasteiger partial charge in [0, 0.05) is 11.5 Å². The average molecular weight is 248 g/mol. The molecule has 0 aromatic rings. The zero-order valence-corrected chi connectivity index (χ0v) is 10.5. The molecule has 96 valence electrons. The predicted molar refractivity (Wildman–Crippen MR) is 63.4 cm³/mol. The van der Waals surface area contributed by atoms with Gasteiger partial charge in [-0.3, -0.25) is 4.79 Å². The SMILES string of the molecule is COC(=O)C1=C[C@@H]2[C@H](C1)[C@H]1C=C[C@]2(C(=O)OC)C1. The van der Waals surface area contributed by atoms with Crippen LogP contribution in [0.4, 0.5) is 0 Å². The van der Waals surface area contributed by atoms with Crippen LogP contribution in [-0.2, 0) is 19.1 Å². The standard InChI is InChI=1S/C14H16O4/c1-17-12(15)9-5-10-8-3-4-14(7-8,11(10)6-9)13(16)18-2/h3-4,6,8,10-11H,5,7H2,1-2H3/t8-,10+,11+,14-/m0/s1. The van der Waals surface area contributed by atoms with Crippen LogP contribution in [0.5, 0.6) is 0 Å². The number of rotatable bonds is 2. The molecule has 4 atom stereocenters. The molecular formula is C14H16O4. The Balaban J connectivity index is 1.95. The Bertz CT molecular complexity index is 476. The molecule has 4 nitrogen and oxygen atoms in total. The number of allylic oxidation sites excluding steroid dienone is 2. The van der Waals surface area contributed by atoms with Gasteiger partial charge in [-0.15, -0.1) is 0 Å². The van der Waals surface area contributed by atoms with E-state index in [9.17, 15) is 9.59 Å². The van der Waals surface area contributed by atoms with Gasteiger partial charge in [-0.25, -0.2) is 4.79 Å². The van der Waals surface area contributed by atoms with Crippen molar-refractivity contribution in [2.75, 3.05) is 14.2 Å². The number of esters is 2. The molecular weight excluding hydrogens is 232 g/mol. The summed E-state index contributed by atoms with van der Waals surface area (Å²) in [5.74, 6) is 0.365. The van der Waals surface area contributed by atoms with E-state index in [-0.39, 0.29) is 17.9 Å². The number of ether oxygens (including phenoxy) is 2. The first kappa shape index (κ1) is 11.5. The molecule has 0 spiro atoms. The first-order valence-corrected chi connectivity index (χ1v) is 6.19. The van der Waals surface area contributed by atoms with Crippen molar-refractivity contribution < 1.29 is 19.1 Å². The van der Waals surface area contributed by atoms with Crippen molar-refractivity contribution in [3.63, 3.8) is 0 Å². The van der Waals surface area contributed by atoms with E-state index >= 15 is 0 Å². The van der Waals surface area contributed by atoms with Crippen LogP contribution in [0.2, 0.25) is 0 Å². The summed E-state index contributed by atoms with van der Waals surface area (Å²) in [5.41, 5.74) is 0.161. The zero-order chi connectivity index (χ0) is 12.9. The lowest BCUT2D eigenvalue weighted by Crippen LogP contribution is -2.34. The van der Waals surface area contributed by atoms with Crippen molar-refractivity contribution in [1.29, 1.82) is 0 Å². The van der Waals surface area contributed by atoms with Gasteiger partial charge in [-0.2, -0.15) is 0 Å². The number of carbonyl (C=O) groups is 2. The topological polar surface area (TPSA) is 52.6 Å². The number of carbonyl (C=O) groups excluding carboxylic acids is 2. The molecule has 0 unspecified atom stereocenters. The second kappa shape index (κ2) is 3.70. The summed E-state index contributed by atoms with van der Waals surface area (Å²) in [6.07, 6.45) is 7.54. The molecule has 3 aliphatic rings. The predicted octanol–water partition coefficient (Wildman–Crippen LogP) is 1.47. The molecule has 4 heteroatoms. The molecule has 0 aromatic carbocycles. The Labute approximate surface area is 106 Å². The molecule has 0 amide bonds. The quantitative estimate of drug-likeness (QED) is 0.548. The molecule has 18 heavy (non-hydrogen) atoms. The van der Waals surface area contributed by atoms with E-state index < -0.39 is 5.41 Å². The van der Waals surface area contributed by atoms with Crippen LogP contribution < -0.4 is 0 Å². The smallest absolute Gasteiger partial charge is 0.333 e. The fraction of sp³-hybridized carbons (Fsp3) is 0.571. The third kappa shape index (κ3) is 1.26. The van der Waals surface area contributed by atoms with E-state index in [0.29, 0.717) is 23.8 Å². The summed E-state index contributed by atoms with van der Waals surface area (Å²) < 4.78 is 9.72. The second-order valence-corrected chi connectivity index (χ2v) is 5.34. The highest BCUT2D eigenvalue weighted by atomic mass is 16.5. The minimum Gasteiger partial charge on any atom is -0.468 e. The van der Waals surface area contributed by atoms with Crippen LogP contribution >= 0.6 is 0 Å². The van der Waals surface area contributed by atoms with E-state index in [0.717, 1.165) is 6.42 Å². The number of fused-ring (bicyclic) bond motifs is 5. The highest BCUT2D eigenvalue weighted by molar-refractivity contribution is 5.90. The Kier molecular flexibility index (Phi) is 2.37. The van der Waals surface area contributed by atoms with Gasteiger partial charge in [-0.05, 0) is 24.7 Å². The molecule has 3 rings (SSSR count). The first-order valence-electron chi connectivity index (χ1n) is 6.19. The Morgan fingerprint density at radius 1 is 1.33 bits per heavy atom. The normalized spacial score (nSPS) is 39.4. The van der Waals surface area contributed by atoms with Crippen LogP contribution in [0.15, 0.2) is 23.8 Å². The van der Waals surface area contributed by atoms with Crippen molar-refractivity contribution in [1.82, 2.24) is 0 Å². The molecule has 2 bridgehead atoms. The van der Waals surface area contributed by atoms with E-state index in [1.165, 1.54) is 14.2 Å². The average Bonchev–Trinajstić information content (AvgIpc) is 3.06. The lowest BCUT2D eigenvalue weighted by atomic mass is 9.75. The van der Waals surface area contributed by atoms with Crippen LogP contribution in [0.3, 0.4) is 0 Å². The molecule has 0 saturated heterocycles. The molecule has 0 aromatic heterocycles. The van der Waals surface area contributed by atoms with Crippen LogP contribution in [0.25, 0.3) is 0 Å². The molecule has 1 saturated carbocycles. The second-order valence-electron chi connectivity index (χ2n) is 5.34. The lowest BCUT2D eigenvalue weighted by Gasteiger charge is -2.28. The minimum absolute atomic E-state index is 0.0917. The van der Waals surface area contributed by atoms with Gasteiger partial charge in [0.25, 0.3) is 0 Å². The minimum atomic E-state index is -0.542. The molecule has 1 fully saturated rings. The largest absolute Gasteiger partial charge is 0.468 e. The van der Waals surface area contributed by atoms with Gasteiger partial charge in [0.2, 0.25) is 0 Å². The summed E-state index contributed by atoms with van der Waals surface area (Å²) >= 11 is 0. The van der Waals surface area contributed by atoms with Crippen LogP contribution in [-0.4, -0.2) is 26.2 Å². The van der Waals surface area contributed by atoms with Gasteiger partial charge < -0.3 is 9.47 Å². The monoisotopic (exact) mass is 248 g/mol. The summed E-state index contributed by atoms with van der Waals surface area (Å²) in [4.78, 5) is 23.7. The molecule has 0 aliphatic heterocycles. The molecule has 0 heterocycles. The fourth-order valence-corrected chi connectivity index (χ4v) is 3.86. The maximum atomic E-state index is 12.1.